The summed E-state index contributed by atoms with van der Waals surface area (Å²) in [6.07, 6.45) is 0.461. The van der Waals surface area contributed by atoms with E-state index in [1.165, 1.54) is 24.3 Å². The van der Waals surface area contributed by atoms with Gasteiger partial charge in [0.05, 0.1) is 22.2 Å². The van der Waals surface area contributed by atoms with E-state index in [1.807, 2.05) is 0 Å². The van der Waals surface area contributed by atoms with Gasteiger partial charge in [-0.1, -0.05) is 23.2 Å². The van der Waals surface area contributed by atoms with Crippen LogP contribution in [0.15, 0.2) is 36.4 Å². The summed E-state index contributed by atoms with van der Waals surface area (Å²) in [4.78, 5) is 56.2. The molecule has 3 aliphatic carbocycles. The van der Waals surface area contributed by atoms with E-state index in [0.29, 0.717) is 25.7 Å². The Morgan fingerprint density at radius 2 is 1.42 bits per heavy atom. The summed E-state index contributed by atoms with van der Waals surface area (Å²) in [7, 11) is -4.70. The molecule has 0 radical (unpaired) electrons. The van der Waals surface area contributed by atoms with Gasteiger partial charge in [0.25, 0.3) is 11.8 Å². The molecule has 0 heterocycles. The molecule has 2 bridgehead atoms. The van der Waals surface area contributed by atoms with Crippen LogP contribution in [0.5, 0.6) is 11.5 Å². The van der Waals surface area contributed by atoms with Gasteiger partial charge >= 0.3 is 13.8 Å². The third-order valence-corrected chi connectivity index (χ3v) is 8.80. The van der Waals surface area contributed by atoms with Gasteiger partial charge in [-0.15, -0.1) is 0 Å². The van der Waals surface area contributed by atoms with Crippen molar-refractivity contribution >= 4 is 48.8 Å². The molecule has 0 unspecified atom stereocenters. The lowest BCUT2D eigenvalue weighted by atomic mass is 9.59. The van der Waals surface area contributed by atoms with Gasteiger partial charge in [0.1, 0.15) is 29.2 Å². The first-order chi connectivity index (χ1) is 21.2. The average Bonchev–Trinajstić information content (AvgIpc) is 2.97. The SMILES string of the molecule is O=C(COc1ccc(Cl)c(F)c1)NC12CCC(NC(=O)COc3ccc(Cl)c(F)c3)(CC1)[C@H](OC(=O)CCCOP(=O)(O)O)C2. The fourth-order valence-corrected chi connectivity index (χ4v) is 6.08. The van der Waals surface area contributed by atoms with E-state index in [1.54, 1.807) is 0 Å². The minimum Gasteiger partial charge on any atom is -0.484 e. The Kier molecular flexibility index (Phi) is 11.3. The Morgan fingerprint density at radius 3 is 1.93 bits per heavy atom. The molecule has 2 aromatic carbocycles. The Balaban J connectivity index is 1.40. The lowest BCUT2D eigenvalue weighted by Gasteiger charge is -2.57. The highest BCUT2D eigenvalue weighted by Crippen LogP contribution is 2.48. The molecular weight excluding hydrogens is 664 g/mol. The molecule has 2 amide bonds. The molecule has 0 aromatic heterocycles. The summed E-state index contributed by atoms with van der Waals surface area (Å²) in [5.74, 6) is -2.96. The molecule has 1 atom stereocenters. The highest BCUT2D eigenvalue weighted by atomic mass is 35.5. The molecule has 5 rings (SSSR count). The number of hydrogen-bond acceptors (Lipinski definition) is 8. The van der Waals surface area contributed by atoms with E-state index in [9.17, 15) is 27.7 Å². The molecule has 3 saturated carbocycles. The maximum Gasteiger partial charge on any atom is 0.469 e. The van der Waals surface area contributed by atoms with Crippen LogP contribution in [0.4, 0.5) is 8.78 Å². The Hall–Kier alpha value is -3.00. The summed E-state index contributed by atoms with van der Waals surface area (Å²) < 4.78 is 59.3. The zero-order chi connectivity index (χ0) is 32.8. The number of rotatable bonds is 14. The minimum absolute atomic E-state index is 0.0357. The number of nitrogens with one attached hydrogen (secondary N) is 2. The second kappa shape index (κ2) is 14.6. The number of ether oxygens (including phenoxy) is 3. The number of phosphoric ester groups is 1. The molecule has 2 aromatic rings. The normalized spacial score (nSPS) is 22.4. The number of hydrogen-bond donors (Lipinski definition) is 4. The Bertz CT molecular complexity index is 1470. The van der Waals surface area contributed by atoms with Crippen molar-refractivity contribution in [3.05, 3.63) is 58.1 Å². The summed E-state index contributed by atoms with van der Waals surface area (Å²) in [6.45, 7) is -1.27. The predicted molar refractivity (Wildman–Crippen MR) is 156 cm³/mol. The second-order valence-electron chi connectivity index (χ2n) is 10.9. The van der Waals surface area contributed by atoms with E-state index in [0.717, 1.165) is 12.1 Å². The van der Waals surface area contributed by atoms with Crippen LogP contribution in [-0.2, 0) is 28.2 Å². The van der Waals surface area contributed by atoms with Gasteiger partial charge in [-0.25, -0.2) is 13.3 Å². The standard InChI is InChI=1S/C28H31Cl2F2N2O10P/c29-19-5-3-17(12-21(19)31)41-15-24(35)33-27-7-9-28(10-8-27,23(14-27)44-26(37)2-1-11-43-45(38,39)40)34-25(36)16-42-18-4-6-20(30)22(32)13-18/h3-6,12-13,23H,1-2,7-11,14-16H2,(H,33,35)(H,34,36)(H2,38,39,40)/t23-,27?,28?/m1/s1. The van der Waals surface area contributed by atoms with Crippen LogP contribution in [-0.4, -0.2) is 64.6 Å². The molecule has 17 heteroatoms. The molecule has 45 heavy (non-hydrogen) atoms. The number of phosphoric acid groups is 1. The van der Waals surface area contributed by atoms with Gasteiger partial charge in [0.2, 0.25) is 0 Å². The first kappa shape index (κ1) is 34.9. The first-order valence-corrected chi connectivity index (χ1v) is 16.1. The van der Waals surface area contributed by atoms with Gasteiger partial charge < -0.3 is 34.6 Å². The van der Waals surface area contributed by atoms with Gasteiger partial charge in [0.15, 0.2) is 13.2 Å². The van der Waals surface area contributed by atoms with Crippen molar-refractivity contribution in [3.8, 4) is 11.5 Å². The lowest BCUT2D eigenvalue weighted by molar-refractivity contribution is -0.167. The zero-order valence-electron chi connectivity index (χ0n) is 23.7. The van der Waals surface area contributed by atoms with Crippen molar-refractivity contribution in [2.75, 3.05) is 19.8 Å². The maximum absolute atomic E-state index is 13.8. The zero-order valence-corrected chi connectivity index (χ0v) is 26.1. The van der Waals surface area contributed by atoms with Crippen LogP contribution >= 0.6 is 31.0 Å². The van der Waals surface area contributed by atoms with E-state index in [4.69, 9.17) is 47.2 Å². The molecule has 0 aliphatic heterocycles. The van der Waals surface area contributed by atoms with Gasteiger partial charge in [-0.2, -0.15) is 0 Å². The minimum atomic E-state index is -4.70. The molecule has 3 aliphatic rings. The highest BCUT2D eigenvalue weighted by molar-refractivity contribution is 7.46. The monoisotopic (exact) mass is 694 g/mol. The Labute approximate surface area is 266 Å². The fraction of sp³-hybridized carbons (Fsp3) is 0.464. The molecule has 3 fully saturated rings. The summed E-state index contributed by atoms with van der Waals surface area (Å²) in [6, 6.07) is 7.51. The van der Waals surface area contributed by atoms with E-state index in [2.05, 4.69) is 15.2 Å². The first-order valence-electron chi connectivity index (χ1n) is 13.8. The topological polar surface area (TPSA) is 170 Å². The van der Waals surface area contributed by atoms with Crippen molar-refractivity contribution in [3.63, 3.8) is 0 Å². The molecule has 246 valence electrons. The highest BCUT2D eigenvalue weighted by Gasteiger charge is 2.57. The smallest absolute Gasteiger partial charge is 0.469 e. The Morgan fingerprint density at radius 1 is 0.889 bits per heavy atom. The summed E-state index contributed by atoms with van der Waals surface area (Å²) in [5, 5.41) is 5.67. The van der Waals surface area contributed by atoms with Crippen LogP contribution < -0.4 is 20.1 Å². The predicted octanol–water partition coefficient (Wildman–Crippen LogP) is 4.22. The van der Waals surface area contributed by atoms with E-state index in [-0.39, 0.29) is 47.4 Å². The number of carbonyl (C=O) groups excluding carboxylic acids is 3. The molecular formula is C28H31Cl2F2N2O10P. The number of benzene rings is 2. The summed E-state index contributed by atoms with van der Waals surface area (Å²) >= 11 is 11.4. The molecule has 0 saturated heterocycles. The third kappa shape index (κ3) is 9.74. The van der Waals surface area contributed by atoms with Gasteiger partial charge in [-0.05, 0) is 56.4 Å². The largest absolute Gasteiger partial charge is 0.484 e. The van der Waals surface area contributed by atoms with Gasteiger partial charge in [-0.3, -0.25) is 18.9 Å². The van der Waals surface area contributed by atoms with Crippen molar-refractivity contribution < 1.29 is 56.3 Å². The number of halogens is 4. The van der Waals surface area contributed by atoms with Crippen LogP contribution in [0.3, 0.4) is 0 Å². The van der Waals surface area contributed by atoms with E-state index >= 15 is 0 Å². The van der Waals surface area contributed by atoms with Crippen molar-refractivity contribution in [1.82, 2.24) is 10.6 Å². The maximum atomic E-state index is 13.8. The van der Waals surface area contributed by atoms with Crippen LogP contribution in [0.1, 0.15) is 44.9 Å². The molecule has 0 spiro atoms. The van der Waals surface area contributed by atoms with Crippen LogP contribution in [0, 0.1) is 11.6 Å². The quantitative estimate of drug-likeness (QED) is 0.128. The number of amides is 2. The number of esters is 1. The second-order valence-corrected chi connectivity index (χ2v) is 12.9. The van der Waals surface area contributed by atoms with Gasteiger partial charge in [0, 0.05) is 30.5 Å². The molecule has 12 nitrogen and oxygen atoms in total. The summed E-state index contributed by atoms with van der Waals surface area (Å²) in [5.41, 5.74) is -1.81. The number of fused-ring (bicyclic) bond motifs is 3. The van der Waals surface area contributed by atoms with Crippen molar-refractivity contribution in [2.45, 2.75) is 62.1 Å². The van der Waals surface area contributed by atoms with Crippen molar-refractivity contribution in [2.24, 2.45) is 0 Å². The van der Waals surface area contributed by atoms with Crippen LogP contribution in [0.2, 0.25) is 10.0 Å². The number of carbonyl (C=O) groups is 3. The van der Waals surface area contributed by atoms with Crippen LogP contribution in [0.25, 0.3) is 0 Å². The van der Waals surface area contributed by atoms with E-state index < -0.39 is 67.6 Å². The third-order valence-electron chi connectivity index (χ3n) is 7.67. The fourth-order valence-electron chi connectivity index (χ4n) is 5.48. The molecule has 4 N–H and O–H groups in total. The average molecular weight is 695 g/mol. The van der Waals surface area contributed by atoms with Crippen molar-refractivity contribution in [1.29, 1.82) is 0 Å². The lowest BCUT2D eigenvalue weighted by Crippen LogP contribution is -2.71.